The number of nitrogens with zero attached hydrogens (tertiary/aromatic N) is 2. The molecule has 1 saturated heterocycles. The summed E-state index contributed by atoms with van der Waals surface area (Å²) in [6, 6.07) is 13.9. The highest BCUT2D eigenvalue weighted by atomic mass is 32.2. The lowest BCUT2D eigenvalue weighted by Gasteiger charge is -2.37. The first-order valence-corrected chi connectivity index (χ1v) is 10.8. The van der Waals surface area contributed by atoms with Crippen molar-refractivity contribution in [2.75, 3.05) is 20.2 Å². The number of ether oxygens (including phenoxy) is 1. The summed E-state index contributed by atoms with van der Waals surface area (Å²) in [5.41, 5.74) is 2.56. The van der Waals surface area contributed by atoms with Crippen LogP contribution in [-0.4, -0.2) is 32.9 Å². The molecule has 2 aromatic rings. The van der Waals surface area contributed by atoms with Crippen LogP contribution in [-0.2, 0) is 15.4 Å². The zero-order chi connectivity index (χ0) is 20.5. The van der Waals surface area contributed by atoms with E-state index in [2.05, 4.69) is 6.07 Å². The maximum atomic E-state index is 13.4. The topological polar surface area (TPSA) is 70.4 Å². The molecule has 5 nitrogen and oxygen atoms in total. The third kappa shape index (κ3) is 3.30. The van der Waals surface area contributed by atoms with Crippen LogP contribution in [0.2, 0.25) is 0 Å². The van der Waals surface area contributed by atoms with Crippen molar-refractivity contribution in [2.45, 2.75) is 43.9 Å². The fourth-order valence-electron chi connectivity index (χ4n) is 4.09. The Hall–Kier alpha value is -2.36. The van der Waals surface area contributed by atoms with E-state index in [1.54, 1.807) is 20.1 Å². The summed E-state index contributed by atoms with van der Waals surface area (Å²) in [6.45, 7) is 6.16. The monoisotopic (exact) mass is 398 g/mol. The lowest BCUT2D eigenvalue weighted by Crippen LogP contribution is -2.44. The molecule has 1 aliphatic heterocycles. The van der Waals surface area contributed by atoms with Gasteiger partial charge in [-0.1, -0.05) is 30.3 Å². The second-order valence-corrected chi connectivity index (χ2v) is 9.31. The van der Waals surface area contributed by atoms with Gasteiger partial charge in [0.15, 0.2) is 0 Å². The number of benzene rings is 2. The zero-order valence-electron chi connectivity index (χ0n) is 16.8. The van der Waals surface area contributed by atoms with E-state index in [0.717, 1.165) is 16.7 Å². The average Bonchev–Trinajstić information content (AvgIpc) is 2.71. The number of hydrogen-bond donors (Lipinski definition) is 0. The standard InChI is InChI=1S/C22H26N2O3S/c1-16-14-20(27-4)17(2)18(3)21(16)28(25,26)24-12-10-22(15-23,11-13-24)19-8-6-5-7-9-19/h5-9,14H,10-13H2,1-4H3. The molecule has 0 atom stereocenters. The van der Waals surface area contributed by atoms with Crippen molar-refractivity contribution in [3.8, 4) is 11.8 Å². The van der Waals surface area contributed by atoms with Crippen LogP contribution in [0, 0.1) is 32.1 Å². The molecule has 0 N–H and O–H groups in total. The van der Waals surface area contributed by atoms with Crippen LogP contribution >= 0.6 is 0 Å². The van der Waals surface area contributed by atoms with Gasteiger partial charge >= 0.3 is 0 Å². The molecule has 0 aliphatic carbocycles. The lowest BCUT2D eigenvalue weighted by atomic mass is 9.74. The molecule has 148 valence electrons. The molecular formula is C22H26N2O3S. The minimum absolute atomic E-state index is 0.328. The number of piperidine rings is 1. The van der Waals surface area contributed by atoms with Crippen LogP contribution in [0.5, 0.6) is 5.75 Å². The summed E-state index contributed by atoms with van der Waals surface area (Å²) >= 11 is 0. The Labute approximate surface area is 167 Å². The van der Waals surface area contributed by atoms with Gasteiger partial charge in [0.25, 0.3) is 0 Å². The SMILES string of the molecule is COc1cc(C)c(S(=O)(=O)N2CCC(C#N)(c3ccccc3)CC2)c(C)c1C. The first kappa shape index (κ1) is 20.4. The molecule has 1 fully saturated rings. The highest BCUT2D eigenvalue weighted by Crippen LogP contribution is 2.38. The highest BCUT2D eigenvalue weighted by Gasteiger charge is 2.40. The minimum atomic E-state index is -3.64. The number of sulfonamides is 1. The van der Waals surface area contributed by atoms with E-state index < -0.39 is 15.4 Å². The summed E-state index contributed by atoms with van der Waals surface area (Å²) in [5.74, 6) is 0.695. The van der Waals surface area contributed by atoms with Crippen LogP contribution in [0.15, 0.2) is 41.3 Å². The molecule has 28 heavy (non-hydrogen) atoms. The van der Waals surface area contributed by atoms with Crippen molar-refractivity contribution in [3.63, 3.8) is 0 Å². The molecule has 1 aliphatic rings. The summed E-state index contributed by atoms with van der Waals surface area (Å²) in [5, 5.41) is 9.85. The third-order valence-corrected chi connectivity index (χ3v) is 8.10. The Morgan fingerprint density at radius 3 is 2.21 bits per heavy atom. The normalized spacial score (nSPS) is 17.1. The smallest absolute Gasteiger partial charge is 0.243 e. The maximum Gasteiger partial charge on any atom is 0.243 e. The lowest BCUT2D eigenvalue weighted by molar-refractivity contribution is 0.277. The molecule has 1 heterocycles. The van der Waals surface area contributed by atoms with Crippen LogP contribution in [0.25, 0.3) is 0 Å². The van der Waals surface area contributed by atoms with Crippen molar-refractivity contribution in [1.82, 2.24) is 4.31 Å². The first-order valence-electron chi connectivity index (χ1n) is 9.38. The van der Waals surface area contributed by atoms with Gasteiger partial charge in [0.1, 0.15) is 5.75 Å². The van der Waals surface area contributed by atoms with Crippen molar-refractivity contribution in [3.05, 3.63) is 58.7 Å². The zero-order valence-corrected chi connectivity index (χ0v) is 17.6. The third-order valence-electron chi connectivity index (χ3n) is 5.91. The number of methoxy groups -OCH3 is 1. The second kappa shape index (κ2) is 7.57. The molecule has 0 unspecified atom stereocenters. The molecule has 0 radical (unpaired) electrons. The Morgan fingerprint density at radius 2 is 1.68 bits per heavy atom. The molecule has 6 heteroatoms. The predicted molar refractivity (Wildman–Crippen MR) is 109 cm³/mol. The van der Waals surface area contributed by atoms with E-state index >= 15 is 0 Å². The molecule has 0 aromatic heterocycles. The number of aryl methyl sites for hydroxylation is 1. The predicted octanol–water partition coefficient (Wildman–Crippen LogP) is 3.87. The van der Waals surface area contributed by atoms with Gasteiger partial charge in [0.2, 0.25) is 10.0 Å². The van der Waals surface area contributed by atoms with E-state index in [1.165, 1.54) is 4.31 Å². The maximum absolute atomic E-state index is 13.4. The van der Waals surface area contributed by atoms with E-state index in [4.69, 9.17) is 4.74 Å². The molecule has 0 amide bonds. The highest BCUT2D eigenvalue weighted by molar-refractivity contribution is 7.89. The minimum Gasteiger partial charge on any atom is -0.496 e. The summed E-state index contributed by atoms with van der Waals surface area (Å²) in [6.07, 6.45) is 0.972. The Bertz CT molecular complexity index is 1020. The van der Waals surface area contributed by atoms with Crippen LogP contribution in [0.1, 0.15) is 35.1 Å². The van der Waals surface area contributed by atoms with E-state index in [1.807, 2.05) is 44.2 Å². The van der Waals surface area contributed by atoms with Crippen LogP contribution < -0.4 is 4.74 Å². The van der Waals surface area contributed by atoms with E-state index in [0.29, 0.717) is 42.1 Å². The quantitative estimate of drug-likeness (QED) is 0.784. The Morgan fingerprint density at radius 1 is 1.07 bits per heavy atom. The largest absolute Gasteiger partial charge is 0.496 e. The number of rotatable bonds is 4. The molecule has 3 rings (SSSR count). The Kier molecular flexibility index (Phi) is 5.51. The molecule has 0 saturated carbocycles. The molecule has 0 spiro atoms. The average molecular weight is 399 g/mol. The van der Waals surface area contributed by atoms with E-state index in [9.17, 15) is 13.7 Å². The van der Waals surface area contributed by atoms with Crippen LogP contribution in [0.3, 0.4) is 0 Å². The Balaban J connectivity index is 1.93. The van der Waals surface area contributed by atoms with Gasteiger partial charge in [-0.2, -0.15) is 9.57 Å². The van der Waals surface area contributed by atoms with E-state index in [-0.39, 0.29) is 0 Å². The second-order valence-electron chi connectivity index (χ2n) is 7.44. The van der Waals surface area contributed by atoms with Crippen molar-refractivity contribution >= 4 is 10.0 Å². The van der Waals surface area contributed by atoms with Gasteiger partial charge in [-0.15, -0.1) is 0 Å². The fourth-order valence-corrected chi connectivity index (χ4v) is 6.02. The van der Waals surface area contributed by atoms with Gasteiger partial charge in [-0.05, 0) is 61.9 Å². The van der Waals surface area contributed by atoms with Gasteiger partial charge in [0, 0.05) is 13.1 Å². The van der Waals surface area contributed by atoms with Gasteiger partial charge in [0.05, 0.1) is 23.5 Å². The van der Waals surface area contributed by atoms with Crippen LogP contribution in [0.4, 0.5) is 0 Å². The molecule has 0 bridgehead atoms. The molecular weight excluding hydrogens is 372 g/mol. The summed E-state index contributed by atoms with van der Waals surface area (Å²) < 4.78 is 33.7. The van der Waals surface area contributed by atoms with Gasteiger partial charge in [-0.25, -0.2) is 8.42 Å². The van der Waals surface area contributed by atoms with Crippen molar-refractivity contribution in [2.24, 2.45) is 0 Å². The summed E-state index contributed by atoms with van der Waals surface area (Å²) in [4.78, 5) is 0.356. The van der Waals surface area contributed by atoms with Gasteiger partial charge in [-0.3, -0.25) is 0 Å². The van der Waals surface area contributed by atoms with Crippen molar-refractivity contribution < 1.29 is 13.2 Å². The number of hydrogen-bond acceptors (Lipinski definition) is 4. The summed E-state index contributed by atoms with van der Waals surface area (Å²) in [7, 11) is -2.05. The first-order chi connectivity index (χ1) is 13.3. The fraction of sp³-hybridized carbons (Fsp3) is 0.409. The number of nitriles is 1. The van der Waals surface area contributed by atoms with Crippen molar-refractivity contribution in [1.29, 1.82) is 5.26 Å². The van der Waals surface area contributed by atoms with Gasteiger partial charge < -0.3 is 4.74 Å². The molecule has 2 aromatic carbocycles.